The Morgan fingerprint density at radius 2 is 1.36 bits per heavy atom. The first-order chi connectivity index (χ1) is 5.36. The minimum atomic E-state index is 1.04. The van der Waals surface area contributed by atoms with Crippen LogP contribution in [-0.2, 0) is 0 Å². The van der Waals surface area contributed by atoms with Crippen LogP contribution in [0.15, 0.2) is 8.68 Å². The fourth-order valence-electron chi connectivity index (χ4n) is 0.362. The molecule has 0 amide bonds. The summed E-state index contributed by atoms with van der Waals surface area (Å²) < 4.78 is 2.08. The van der Waals surface area contributed by atoms with Crippen LogP contribution < -0.4 is 0 Å². The summed E-state index contributed by atoms with van der Waals surface area (Å²) in [5.41, 5.74) is 0. The van der Waals surface area contributed by atoms with Crippen LogP contribution in [0, 0.1) is 0 Å². The molecule has 0 saturated carbocycles. The molecule has 0 unspecified atom stereocenters. The van der Waals surface area contributed by atoms with Gasteiger partial charge < -0.3 is 0 Å². The van der Waals surface area contributed by atoms with Gasteiger partial charge in [0.1, 0.15) is 0 Å². The molecule has 1 rings (SSSR count). The van der Waals surface area contributed by atoms with Gasteiger partial charge in [0.05, 0.1) is 0 Å². The Hall–Kier alpha value is 0.260. The van der Waals surface area contributed by atoms with E-state index in [1.807, 2.05) is 26.4 Å². The van der Waals surface area contributed by atoms with Gasteiger partial charge in [-0.2, -0.15) is 0 Å². The first kappa shape index (κ1) is 11.3. The van der Waals surface area contributed by atoms with Crippen molar-refractivity contribution in [2.24, 2.45) is 0 Å². The lowest BCUT2D eigenvalue weighted by Crippen LogP contribution is -1.67. The standard InChI is InChI=1S/C4H6N2S3.C2H6/c1-7-3-5-6-4(8-2)9-3;1-2/h1-2H3;1-2H3. The second-order valence-electron chi connectivity index (χ2n) is 1.24. The highest BCUT2D eigenvalue weighted by molar-refractivity contribution is 8.02. The van der Waals surface area contributed by atoms with E-state index < -0.39 is 0 Å². The summed E-state index contributed by atoms with van der Waals surface area (Å²) in [6.07, 6.45) is 4.01. The molecule has 5 heteroatoms. The summed E-state index contributed by atoms with van der Waals surface area (Å²) in [6.45, 7) is 4.00. The van der Waals surface area contributed by atoms with Crippen LogP contribution in [0.4, 0.5) is 0 Å². The summed E-state index contributed by atoms with van der Waals surface area (Å²) in [5, 5.41) is 7.83. The minimum absolute atomic E-state index is 1.04. The third-order valence-electron chi connectivity index (χ3n) is 0.737. The van der Waals surface area contributed by atoms with Crippen molar-refractivity contribution >= 4 is 34.9 Å². The molecule has 0 fully saturated rings. The van der Waals surface area contributed by atoms with Gasteiger partial charge in [-0.3, -0.25) is 0 Å². The number of thioether (sulfide) groups is 2. The van der Waals surface area contributed by atoms with E-state index in [0.717, 1.165) is 8.68 Å². The quantitative estimate of drug-likeness (QED) is 0.698. The Morgan fingerprint density at radius 1 is 1.00 bits per heavy atom. The molecule has 1 aromatic heterocycles. The van der Waals surface area contributed by atoms with E-state index in [2.05, 4.69) is 10.2 Å². The normalized spacial score (nSPS) is 8.73. The topological polar surface area (TPSA) is 25.8 Å². The Labute approximate surface area is 80.2 Å². The second-order valence-corrected chi connectivity index (χ2v) is 4.33. The SMILES string of the molecule is CC.CSc1nnc(SC)s1. The zero-order valence-corrected chi connectivity index (χ0v) is 9.57. The van der Waals surface area contributed by atoms with Crippen molar-refractivity contribution in [2.45, 2.75) is 22.5 Å². The number of hydrogen-bond donors (Lipinski definition) is 0. The Balaban J connectivity index is 0.000000461. The summed E-state index contributed by atoms with van der Waals surface area (Å²) in [5.74, 6) is 0. The molecule has 0 bridgehead atoms. The predicted octanol–water partition coefficient (Wildman–Crippen LogP) is 3.01. The summed E-state index contributed by atoms with van der Waals surface area (Å²) in [4.78, 5) is 0. The highest BCUT2D eigenvalue weighted by atomic mass is 32.2. The maximum Gasteiger partial charge on any atom is 0.174 e. The molecule has 0 N–H and O–H groups in total. The molecular weight excluding hydrogens is 196 g/mol. The molecule has 1 heterocycles. The average molecular weight is 208 g/mol. The van der Waals surface area contributed by atoms with Gasteiger partial charge in [-0.15, -0.1) is 10.2 Å². The first-order valence-electron chi connectivity index (χ1n) is 3.28. The average Bonchev–Trinajstić information content (AvgIpc) is 2.55. The monoisotopic (exact) mass is 208 g/mol. The van der Waals surface area contributed by atoms with Crippen molar-refractivity contribution in [3.8, 4) is 0 Å². The van der Waals surface area contributed by atoms with Gasteiger partial charge in [0.15, 0.2) is 8.68 Å². The van der Waals surface area contributed by atoms with Crippen molar-refractivity contribution in [1.82, 2.24) is 10.2 Å². The molecule has 0 aliphatic rings. The van der Waals surface area contributed by atoms with Crippen LogP contribution in [0.5, 0.6) is 0 Å². The smallest absolute Gasteiger partial charge is 0.131 e. The third-order valence-corrected chi connectivity index (χ3v) is 3.61. The van der Waals surface area contributed by atoms with Crippen LogP contribution >= 0.6 is 34.9 Å². The van der Waals surface area contributed by atoms with Gasteiger partial charge in [0.2, 0.25) is 0 Å². The summed E-state index contributed by atoms with van der Waals surface area (Å²) in [6, 6.07) is 0. The van der Waals surface area contributed by atoms with Gasteiger partial charge in [-0.25, -0.2) is 0 Å². The zero-order chi connectivity index (χ0) is 8.69. The van der Waals surface area contributed by atoms with Crippen LogP contribution in [0.3, 0.4) is 0 Å². The molecule has 0 saturated heterocycles. The van der Waals surface area contributed by atoms with Gasteiger partial charge in [-0.05, 0) is 12.5 Å². The maximum absolute atomic E-state index is 3.92. The largest absolute Gasteiger partial charge is 0.174 e. The van der Waals surface area contributed by atoms with E-state index >= 15 is 0 Å². The van der Waals surface area contributed by atoms with Crippen LogP contribution in [0.1, 0.15) is 13.8 Å². The van der Waals surface area contributed by atoms with E-state index in [1.165, 1.54) is 0 Å². The number of rotatable bonds is 2. The van der Waals surface area contributed by atoms with E-state index in [9.17, 15) is 0 Å². The molecule has 0 atom stereocenters. The molecular formula is C6H12N2S3. The van der Waals surface area contributed by atoms with E-state index in [-0.39, 0.29) is 0 Å². The predicted molar refractivity (Wildman–Crippen MR) is 54.8 cm³/mol. The fraction of sp³-hybridized carbons (Fsp3) is 0.667. The highest BCUT2D eigenvalue weighted by Crippen LogP contribution is 2.25. The minimum Gasteiger partial charge on any atom is -0.131 e. The van der Waals surface area contributed by atoms with E-state index in [1.54, 1.807) is 34.9 Å². The van der Waals surface area contributed by atoms with E-state index in [4.69, 9.17) is 0 Å². The van der Waals surface area contributed by atoms with Gasteiger partial charge in [0.25, 0.3) is 0 Å². The summed E-state index contributed by atoms with van der Waals surface area (Å²) >= 11 is 4.91. The van der Waals surface area contributed by atoms with Crippen molar-refractivity contribution in [1.29, 1.82) is 0 Å². The third kappa shape index (κ3) is 3.98. The summed E-state index contributed by atoms with van der Waals surface area (Å²) in [7, 11) is 0. The lowest BCUT2D eigenvalue weighted by atomic mass is 11.0. The van der Waals surface area contributed by atoms with E-state index in [0.29, 0.717) is 0 Å². The maximum atomic E-state index is 3.92. The van der Waals surface area contributed by atoms with Gasteiger partial charge >= 0.3 is 0 Å². The van der Waals surface area contributed by atoms with Crippen LogP contribution in [-0.4, -0.2) is 22.7 Å². The van der Waals surface area contributed by atoms with Crippen molar-refractivity contribution in [3.05, 3.63) is 0 Å². The molecule has 0 aliphatic carbocycles. The number of nitrogens with zero attached hydrogens (tertiary/aromatic N) is 2. The van der Waals surface area contributed by atoms with Gasteiger partial charge in [-0.1, -0.05) is 48.7 Å². The van der Waals surface area contributed by atoms with Crippen LogP contribution in [0.2, 0.25) is 0 Å². The molecule has 0 aromatic carbocycles. The second kappa shape index (κ2) is 6.94. The molecule has 0 radical (unpaired) electrons. The molecule has 0 aliphatic heterocycles. The highest BCUT2D eigenvalue weighted by Gasteiger charge is 1.98. The molecule has 0 spiro atoms. The Kier molecular flexibility index (Phi) is 7.10. The first-order valence-corrected chi connectivity index (χ1v) is 6.55. The fourth-order valence-corrected chi connectivity index (χ4v) is 2.22. The zero-order valence-electron chi connectivity index (χ0n) is 7.12. The Morgan fingerprint density at radius 3 is 1.55 bits per heavy atom. The van der Waals surface area contributed by atoms with Crippen molar-refractivity contribution in [2.75, 3.05) is 12.5 Å². The lowest BCUT2D eigenvalue weighted by Gasteiger charge is -1.78. The molecule has 1 aromatic rings. The van der Waals surface area contributed by atoms with Crippen LogP contribution in [0.25, 0.3) is 0 Å². The van der Waals surface area contributed by atoms with Crippen molar-refractivity contribution < 1.29 is 0 Å². The molecule has 2 nitrogen and oxygen atoms in total. The molecule has 64 valence electrons. The number of hydrogen-bond acceptors (Lipinski definition) is 5. The van der Waals surface area contributed by atoms with Gasteiger partial charge in [0, 0.05) is 0 Å². The molecule has 11 heavy (non-hydrogen) atoms. The lowest BCUT2D eigenvalue weighted by molar-refractivity contribution is 0.957. The number of aromatic nitrogens is 2. The Bertz CT molecular complexity index is 169. The van der Waals surface area contributed by atoms with Crippen molar-refractivity contribution in [3.63, 3.8) is 0 Å².